The lowest BCUT2D eigenvalue weighted by atomic mass is 10.2. The van der Waals surface area contributed by atoms with E-state index in [9.17, 15) is 9.59 Å². The first-order valence-corrected chi connectivity index (χ1v) is 4.71. The Kier molecular flexibility index (Phi) is 5.87. The van der Waals surface area contributed by atoms with Crippen LogP contribution in [0.4, 0.5) is 0 Å². The van der Waals surface area contributed by atoms with Crippen molar-refractivity contribution in [2.45, 2.75) is 26.3 Å². The Labute approximate surface area is 84.6 Å². The van der Waals surface area contributed by atoms with E-state index in [0.717, 1.165) is 0 Å². The van der Waals surface area contributed by atoms with Gasteiger partial charge in [0.15, 0.2) is 0 Å². The number of hydrogen-bond acceptors (Lipinski definition) is 3. The molecule has 0 atom stereocenters. The summed E-state index contributed by atoms with van der Waals surface area (Å²) in [6.07, 6.45) is 0.391. The zero-order valence-corrected chi connectivity index (χ0v) is 9.04. The minimum absolute atomic E-state index is 0.000213. The first-order valence-electron chi connectivity index (χ1n) is 4.71. The normalized spacial score (nSPS) is 10.3. The molecule has 0 unspecified atom stereocenters. The van der Waals surface area contributed by atoms with E-state index < -0.39 is 5.91 Å². The number of hydrogen-bond donors (Lipinski definition) is 2. The molecule has 0 saturated carbocycles. The van der Waals surface area contributed by atoms with Gasteiger partial charge >= 0.3 is 0 Å². The number of nitrogens with one attached hydrogen (secondary N) is 1. The topological polar surface area (TPSA) is 75.4 Å². The maximum absolute atomic E-state index is 11.6. The summed E-state index contributed by atoms with van der Waals surface area (Å²) in [6.45, 7) is 4.33. The van der Waals surface area contributed by atoms with E-state index in [1.165, 1.54) is 4.90 Å². The van der Waals surface area contributed by atoms with Crippen molar-refractivity contribution < 1.29 is 9.59 Å². The van der Waals surface area contributed by atoms with E-state index in [-0.39, 0.29) is 18.5 Å². The van der Waals surface area contributed by atoms with Crippen molar-refractivity contribution in [3.05, 3.63) is 0 Å². The third kappa shape index (κ3) is 4.81. The number of carbonyl (C=O) groups excluding carboxylic acids is 2. The lowest BCUT2D eigenvalue weighted by Crippen LogP contribution is -2.43. The summed E-state index contributed by atoms with van der Waals surface area (Å²) in [5.41, 5.74) is 5.05. The number of nitrogens with zero attached hydrogens (tertiary/aromatic N) is 1. The highest BCUT2D eigenvalue weighted by atomic mass is 16.2. The Bertz CT molecular complexity index is 204. The van der Waals surface area contributed by atoms with Gasteiger partial charge in [0, 0.05) is 19.0 Å². The number of rotatable bonds is 6. The van der Waals surface area contributed by atoms with Crippen LogP contribution in [-0.2, 0) is 9.59 Å². The molecular formula is C9H19N3O2. The molecule has 3 N–H and O–H groups in total. The molecular weight excluding hydrogens is 182 g/mol. The van der Waals surface area contributed by atoms with Crippen molar-refractivity contribution in [3.8, 4) is 0 Å². The van der Waals surface area contributed by atoms with E-state index in [2.05, 4.69) is 5.32 Å². The second kappa shape index (κ2) is 6.37. The largest absolute Gasteiger partial charge is 0.368 e. The molecule has 14 heavy (non-hydrogen) atoms. The van der Waals surface area contributed by atoms with Crippen LogP contribution in [0.25, 0.3) is 0 Å². The quantitative estimate of drug-likeness (QED) is 0.597. The molecule has 0 bridgehead atoms. The highest BCUT2D eigenvalue weighted by molar-refractivity contribution is 5.84. The van der Waals surface area contributed by atoms with E-state index in [1.54, 1.807) is 7.05 Å². The minimum atomic E-state index is -0.475. The van der Waals surface area contributed by atoms with E-state index in [1.807, 2.05) is 13.8 Å². The Morgan fingerprint density at radius 1 is 1.43 bits per heavy atom. The van der Waals surface area contributed by atoms with Crippen LogP contribution in [-0.4, -0.2) is 42.9 Å². The van der Waals surface area contributed by atoms with Gasteiger partial charge in [-0.1, -0.05) is 0 Å². The van der Waals surface area contributed by atoms with Gasteiger partial charge in [-0.15, -0.1) is 0 Å². The van der Waals surface area contributed by atoms with Gasteiger partial charge in [0.25, 0.3) is 0 Å². The summed E-state index contributed by atoms with van der Waals surface area (Å²) in [5.74, 6) is -0.523. The van der Waals surface area contributed by atoms with Gasteiger partial charge in [0.1, 0.15) is 0 Å². The van der Waals surface area contributed by atoms with Gasteiger partial charge in [-0.3, -0.25) is 9.59 Å². The third-order valence-corrected chi connectivity index (χ3v) is 1.86. The smallest absolute Gasteiger partial charge is 0.237 e. The molecule has 0 spiro atoms. The van der Waals surface area contributed by atoms with Gasteiger partial charge in [-0.05, 0) is 20.9 Å². The van der Waals surface area contributed by atoms with Crippen molar-refractivity contribution >= 4 is 11.8 Å². The fraction of sp³-hybridized carbons (Fsp3) is 0.778. The number of amides is 2. The summed E-state index contributed by atoms with van der Waals surface area (Å²) < 4.78 is 0. The van der Waals surface area contributed by atoms with Crippen LogP contribution in [0.2, 0.25) is 0 Å². The lowest BCUT2D eigenvalue weighted by Gasteiger charge is -2.25. The molecule has 0 aromatic rings. The molecule has 0 aromatic heterocycles. The molecule has 0 aliphatic heterocycles. The van der Waals surface area contributed by atoms with Crippen LogP contribution in [0.15, 0.2) is 0 Å². The van der Waals surface area contributed by atoms with Crippen molar-refractivity contribution in [2.24, 2.45) is 5.73 Å². The Morgan fingerprint density at radius 2 is 2.00 bits per heavy atom. The minimum Gasteiger partial charge on any atom is -0.368 e. The molecule has 0 heterocycles. The number of primary amides is 1. The van der Waals surface area contributed by atoms with Crippen LogP contribution < -0.4 is 11.1 Å². The van der Waals surface area contributed by atoms with Gasteiger partial charge in [0.05, 0.1) is 6.54 Å². The zero-order valence-electron chi connectivity index (χ0n) is 9.04. The first-order chi connectivity index (χ1) is 6.49. The van der Waals surface area contributed by atoms with Gasteiger partial charge < -0.3 is 16.0 Å². The maximum Gasteiger partial charge on any atom is 0.237 e. The molecule has 0 radical (unpaired) electrons. The van der Waals surface area contributed by atoms with Gasteiger partial charge in [0.2, 0.25) is 11.8 Å². The van der Waals surface area contributed by atoms with E-state index >= 15 is 0 Å². The van der Waals surface area contributed by atoms with Crippen LogP contribution >= 0.6 is 0 Å². The Balaban J connectivity index is 4.19. The molecule has 0 saturated heterocycles. The van der Waals surface area contributed by atoms with Gasteiger partial charge in [-0.2, -0.15) is 0 Å². The Morgan fingerprint density at radius 3 is 2.36 bits per heavy atom. The average molecular weight is 201 g/mol. The molecule has 0 aromatic carbocycles. The van der Waals surface area contributed by atoms with Crippen LogP contribution in [0, 0.1) is 0 Å². The summed E-state index contributed by atoms with van der Waals surface area (Å²) in [7, 11) is 1.78. The molecule has 0 aliphatic carbocycles. The molecule has 2 amide bonds. The van der Waals surface area contributed by atoms with Crippen molar-refractivity contribution in [3.63, 3.8) is 0 Å². The molecule has 0 fully saturated rings. The SMILES string of the molecule is CNCCC(=O)N(CC(N)=O)C(C)C. The molecule has 0 rings (SSSR count). The highest BCUT2D eigenvalue weighted by Crippen LogP contribution is 2.00. The standard InChI is InChI=1S/C9H19N3O2/c1-7(2)12(6-8(10)13)9(14)4-5-11-3/h7,11H,4-6H2,1-3H3,(H2,10,13). The summed E-state index contributed by atoms with van der Waals surface area (Å²) in [6, 6.07) is 0.00635. The second-order valence-corrected chi connectivity index (χ2v) is 3.44. The molecule has 0 aliphatic rings. The number of nitrogens with two attached hydrogens (primary N) is 1. The highest BCUT2D eigenvalue weighted by Gasteiger charge is 2.17. The maximum atomic E-state index is 11.6. The van der Waals surface area contributed by atoms with Crippen LogP contribution in [0.1, 0.15) is 20.3 Å². The van der Waals surface area contributed by atoms with E-state index in [0.29, 0.717) is 13.0 Å². The van der Waals surface area contributed by atoms with Crippen LogP contribution in [0.5, 0.6) is 0 Å². The molecule has 82 valence electrons. The first kappa shape index (κ1) is 12.9. The predicted molar refractivity (Wildman–Crippen MR) is 54.6 cm³/mol. The molecule has 5 nitrogen and oxygen atoms in total. The van der Waals surface area contributed by atoms with Crippen molar-refractivity contribution in [2.75, 3.05) is 20.1 Å². The fourth-order valence-electron chi connectivity index (χ4n) is 1.10. The summed E-state index contributed by atoms with van der Waals surface area (Å²) >= 11 is 0. The van der Waals surface area contributed by atoms with Crippen molar-refractivity contribution in [1.82, 2.24) is 10.2 Å². The zero-order chi connectivity index (χ0) is 11.1. The number of carbonyl (C=O) groups is 2. The second-order valence-electron chi connectivity index (χ2n) is 3.44. The predicted octanol–water partition coefficient (Wildman–Crippen LogP) is -0.682. The summed E-state index contributed by atoms with van der Waals surface area (Å²) in [4.78, 5) is 23.7. The lowest BCUT2D eigenvalue weighted by molar-refractivity contribution is -0.136. The molecule has 5 heteroatoms. The Hall–Kier alpha value is -1.10. The van der Waals surface area contributed by atoms with E-state index in [4.69, 9.17) is 5.73 Å². The van der Waals surface area contributed by atoms with Crippen molar-refractivity contribution in [1.29, 1.82) is 0 Å². The monoisotopic (exact) mass is 201 g/mol. The summed E-state index contributed by atoms with van der Waals surface area (Å²) in [5, 5.41) is 2.88. The third-order valence-electron chi connectivity index (χ3n) is 1.86. The van der Waals surface area contributed by atoms with Crippen LogP contribution in [0.3, 0.4) is 0 Å². The fourth-order valence-corrected chi connectivity index (χ4v) is 1.10. The van der Waals surface area contributed by atoms with Gasteiger partial charge in [-0.25, -0.2) is 0 Å². The average Bonchev–Trinajstić information content (AvgIpc) is 2.09.